The second-order valence-corrected chi connectivity index (χ2v) is 5.70. The Morgan fingerprint density at radius 2 is 1.67 bits per heavy atom. The van der Waals surface area contributed by atoms with E-state index in [2.05, 4.69) is 49.8 Å². The zero-order valence-corrected chi connectivity index (χ0v) is 13.9. The molecule has 0 aliphatic rings. The Morgan fingerprint density at radius 1 is 0.875 bits per heavy atom. The van der Waals surface area contributed by atoms with E-state index in [9.17, 15) is 0 Å². The molecule has 1 aromatic heterocycles. The highest BCUT2D eigenvalue weighted by molar-refractivity contribution is 5.64. The van der Waals surface area contributed by atoms with Crippen molar-refractivity contribution in [1.82, 2.24) is 9.97 Å². The Kier molecular flexibility index (Phi) is 4.91. The van der Waals surface area contributed by atoms with Crippen LogP contribution in [0.1, 0.15) is 5.56 Å². The van der Waals surface area contributed by atoms with E-state index in [1.165, 1.54) is 5.56 Å². The van der Waals surface area contributed by atoms with Crippen LogP contribution in [0, 0.1) is 0 Å². The number of hydrogen-bond acceptors (Lipinski definition) is 5. The van der Waals surface area contributed by atoms with Gasteiger partial charge in [0.05, 0.1) is 0 Å². The second-order valence-electron chi connectivity index (χ2n) is 5.70. The van der Waals surface area contributed by atoms with Crippen LogP contribution in [0.5, 0.6) is 0 Å². The molecule has 1 heterocycles. The summed E-state index contributed by atoms with van der Waals surface area (Å²) in [5, 5.41) is 6.64. The van der Waals surface area contributed by atoms with Crippen molar-refractivity contribution in [2.75, 3.05) is 29.6 Å². The molecule has 0 radical (unpaired) electrons. The first-order chi connectivity index (χ1) is 11.7. The van der Waals surface area contributed by atoms with Crippen LogP contribution in [0.3, 0.4) is 0 Å². The largest absolute Gasteiger partial charge is 0.378 e. The molecule has 24 heavy (non-hydrogen) atoms. The molecular weight excluding hydrogens is 298 g/mol. The highest BCUT2D eigenvalue weighted by Gasteiger charge is 2.02. The van der Waals surface area contributed by atoms with Crippen LogP contribution in [0.25, 0.3) is 0 Å². The van der Waals surface area contributed by atoms with Gasteiger partial charge in [0.2, 0.25) is 0 Å². The lowest BCUT2D eigenvalue weighted by molar-refractivity contribution is 1.08. The van der Waals surface area contributed by atoms with Gasteiger partial charge in [0.25, 0.3) is 0 Å². The maximum atomic E-state index is 4.29. The average molecular weight is 319 g/mol. The molecule has 5 heteroatoms. The Hall–Kier alpha value is -3.08. The van der Waals surface area contributed by atoms with E-state index in [-0.39, 0.29) is 0 Å². The van der Waals surface area contributed by atoms with Crippen LogP contribution in [0.2, 0.25) is 0 Å². The monoisotopic (exact) mass is 319 g/mol. The molecule has 0 saturated carbocycles. The first kappa shape index (κ1) is 15.8. The molecule has 0 spiro atoms. The molecule has 0 atom stereocenters. The zero-order valence-electron chi connectivity index (χ0n) is 13.9. The zero-order chi connectivity index (χ0) is 16.8. The normalized spacial score (nSPS) is 10.2. The van der Waals surface area contributed by atoms with Crippen LogP contribution in [0.15, 0.2) is 67.0 Å². The van der Waals surface area contributed by atoms with Gasteiger partial charge >= 0.3 is 0 Å². The maximum absolute atomic E-state index is 4.29. The quantitative estimate of drug-likeness (QED) is 0.722. The number of anilines is 4. The number of aromatic nitrogens is 2. The van der Waals surface area contributed by atoms with Gasteiger partial charge in [-0.3, -0.25) is 0 Å². The van der Waals surface area contributed by atoms with Gasteiger partial charge in [-0.15, -0.1) is 0 Å². The SMILES string of the molecule is CN(C)c1cccc(Nc2cc(NCc3ccccc3)ncn2)c1. The molecular formula is C19H21N5. The van der Waals surface area contributed by atoms with Crippen LogP contribution in [-0.4, -0.2) is 24.1 Å². The minimum absolute atomic E-state index is 0.730. The molecule has 0 aliphatic heterocycles. The van der Waals surface area contributed by atoms with Crippen molar-refractivity contribution in [2.24, 2.45) is 0 Å². The summed E-state index contributed by atoms with van der Waals surface area (Å²) in [6.07, 6.45) is 1.56. The standard InChI is InChI=1S/C19H21N5/c1-24(2)17-10-6-9-16(11-17)23-19-12-18(21-14-22-19)20-13-15-7-4-3-5-8-15/h3-12,14H,13H2,1-2H3,(H2,20,21,22,23). The van der Waals surface area contributed by atoms with E-state index in [0.717, 1.165) is 29.6 Å². The first-order valence-electron chi connectivity index (χ1n) is 7.85. The minimum Gasteiger partial charge on any atom is -0.378 e. The van der Waals surface area contributed by atoms with Crippen molar-refractivity contribution in [3.8, 4) is 0 Å². The fourth-order valence-corrected chi connectivity index (χ4v) is 2.32. The molecule has 0 amide bonds. The Balaban J connectivity index is 1.68. The first-order valence-corrected chi connectivity index (χ1v) is 7.85. The van der Waals surface area contributed by atoms with Crippen molar-refractivity contribution in [2.45, 2.75) is 6.54 Å². The lowest BCUT2D eigenvalue weighted by atomic mass is 10.2. The lowest BCUT2D eigenvalue weighted by Gasteiger charge is -2.14. The summed E-state index contributed by atoms with van der Waals surface area (Å²) >= 11 is 0. The molecule has 0 saturated heterocycles. The van der Waals surface area contributed by atoms with Crippen molar-refractivity contribution in [3.63, 3.8) is 0 Å². The van der Waals surface area contributed by atoms with Gasteiger partial charge in [0, 0.05) is 38.1 Å². The minimum atomic E-state index is 0.730. The highest BCUT2D eigenvalue weighted by Crippen LogP contribution is 2.21. The highest BCUT2D eigenvalue weighted by atomic mass is 15.1. The number of nitrogens with one attached hydrogen (secondary N) is 2. The van der Waals surface area contributed by atoms with Crippen LogP contribution >= 0.6 is 0 Å². The van der Waals surface area contributed by atoms with Gasteiger partial charge in [-0.2, -0.15) is 0 Å². The van der Waals surface area contributed by atoms with Crippen molar-refractivity contribution < 1.29 is 0 Å². The fourth-order valence-electron chi connectivity index (χ4n) is 2.32. The molecule has 0 fully saturated rings. The third-order valence-corrected chi connectivity index (χ3v) is 3.62. The molecule has 3 rings (SSSR count). The van der Waals surface area contributed by atoms with Crippen molar-refractivity contribution >= 4 is 23.0 Å². The van der Waals surface area contributed by atoms with Gasteiger partial charge in [0.15, 0.2) is 0 Å². The van der Waals surface area contributed by atoms with Crippen LogP contribution < -0.4 is 15.5 Å². The summed E-state index contributed by atoms with van der Waals surface area (Å²) in [4.78, 5) is 10.6. The second kappa shape index (κ2) is 7.46. The van der Waals surface area contributed by atoms with Gasteiger partial charge in [-0.05, 0) is 23.8 Å². The van der Waals surface area contributed by atoms with Gasteiger partial charge in [-0.25, -0.2) is 9.97 Å². The third-order valence-electron chi connectivity index (χ3n) is 3.62. The summed E-state index contributed by atoms with van der Waals surface area (Å²) < 4.78 is 0. The van der Waals surface area contributed by atoms with Gasteiger partial charge in [-0.1, -0.05) is 36.4 Å². The predicted molar refractivity (Wildman–Crippen MR) is 99.9 cm³/mol. The Labute approximate surface area is 142 Å². The Morgan fingerprint density at radius 3 is 2.46 bits per heavy atom. The number of nitrogens with zero attached hydrogens (tertiary/aromatic N) is 3. The van der Waals surface area contributed by atoms with E-state index in [0.29, 0.717) is 0 Å². The summed E-state index contributed by atoms with van der Waals surface area (Å²) in [7, 11) is 4.05. The molecule has 3 aromatic rings. The molecule has 0 aliphatic carbocycles. The predicted octanol–water partition coefficient (Wildman–Crippen LogP) is 3.90. The van der Waals surface area contributed by atoms with Gasteiger partial charge < -0.3 is 15.5 Å². The molecule has 0 unspecified atom stereocenters. The third kappa shape index (κ3) is 4.23. The smallest absolute Gasteiger partial charge is 0.135 e. The number of rotatable bonds is 6. The summed E-state index contributed by atoms with van der Waals surface area (Å²) in [5.41, 5.74) is 3.34. The number of hydrogen-bond donors (Lipinski definition) is 2. The molecule has 2 N–H and O–H groups in total. The van der Waals surface area contributed by atoms with E-state index >= 15 is 0 Å². The fraction of sp³-hybridized carbons (Fsp3) is 0.158. The molecule has 2 aromatic carbocycles. The van der Waals surface area contributed by atoms with Crippen LogP contribution in [0.4, 0.5) is 23.0 Å². The Bertz CT molecular complexity index is 787. The van der Waals surface area contributed by atoms with E-state index in [1.54, 1.807) is 6.33 Å². The number of benzene rings is 2. The molecule has 0 bridgehead atoms. The van der Waals surface area contributed by atoms with Gasteiger partial charge in [0.1, 0.15) is 18.0 Å². The van der Waals surface area contributed by atoms with E-state index in [1.807, 2.05) is 50.5 Å². The topological polar surface area (TPSA) is 53.1 Å². The van der Waals surface area contributed by atoms with Crippen LogP contribution in [-0.2, 0) is 6.54 Å². The molecule has 5 nitrogen and oxygen atoms in total. The lowest BCUT2D eigenvalue weighted by Crippen LogP contribution is -2.08. The summed E-state index contributed by atoms with van der Waals surface area (Å²) in [5.74, 6) is 1.55. The van der Waals surface area contributed by atoms with E-state index < -0.39 is 0 Å². The average Bonchev–Trinajstić information content (AvgIpc) is 2.61. The van der Waals surface area contributed by atoms with Crippen molar-refractivity contribution in [3.05, 3.63) is 72.6 Å². The maximum Gasteiger partial charge on any atom is 0.135 e. The van der Waals surface area contributed by atoms with Crippen molar-refractivity contribution in [1.29, 1.82) is 0 Å². The summed E-state index contributed by atoms with van der Waals surface area (Å²) in [6.45, 7) is 0.730. The summed E-state index contributed by atoms with van der Waals surface area (Å²) in [6, 6.07) is 20.3. The molecule has 122 valence electrons. The van der Waals surface area contributed by atoms with E-state index in [4.69, 9.17) is 0 Å².